The third-order valence-corrected chi connectivity index (χ3v) is 5.27. The Labute approximate surface area is 161 Å². The second kappa shape index (κ2) is 7.58. The van der Waals surface area contributed by atoms with E-state index in [1.165, 1.54) is 17.2 Å². The molecule has 0 unspecified atom stereocenters. The van der Waals surface area contributed by atoms with Crippen molar-refractivity contribution in [2.24, 2.45) is 0 Å². The molecule has 0 radical (unpaired) electrons. The van der Waals surface area contributed by atoms with E-state index >= 15 is 0 Å². The predicted molar refractivity (Wildman–Crippen MR) is 101 cm³/mol. The van der Waals surface area contributed by atoms with Crippen LogP contribution in [-0.2, 0) is 6.54 Å². The molecule has 7 heteroatoms. The molecular formula is C20H19ClFN4O+. The number of hydrogen-bond donors (Lipinski definition) is 1. The fourth-order valence-electron chi connectivity index (χ4n) is 3.38. The van der Waals surface area contributed by atoms with E-state index in [2.05, 4.69) is 9.97 Å². The first-order chi connectivity index (χ1) is 13.1. The predicted octanol–water partition coefficient (Wildman–Crippen LogP) is 1.96. The fourth-order valence-corrected chi connectivity index (χ4v) is 3.61. The summed E-state index contributed by atoms with van der Waals surface area (Å²) < 4.78 is 14.0. The molecule has 1 amide bonds. The molecule has 1 fully saturated rings. The van der Waals surface area contributed by atoms with Crippen LogP contribution in [0, 0.1) is 5.82 Å². The van der Waals surface area contributed by atoms with Gasteiger partial charge in [0.05, 0.1) is 54.0 Å². The standard InChI is InChI=1S/C20H18ClFN4O/c21-15-4-3-5-16(22)14(15)13-25-8-10-26(11-9-25)20(27)19-12-23-17-6-1-2-7-18(17)24-19/h1-7,12H,8-11,13H2/p+1. The average molecular weight is 386 g/mol. The minimum atomic E-state index is -0.278. The molecule has 1 aliphatic rings. The molecule has 0 atom stereocenters. The molecular weight excluding hydrogens is 367 g/mol. The Morgan fingerprint density at radius 1 is 1.11 bits per heavy atom. The highest BCUT2D eigenvalue weighted by molar-refractivity contribution is 6.31. The van der Waals surface area contributed by atoms with Gasteiger partial charge in [0.1, 0.15) is 18.1 Å². The van der Waals surface area contributed by atoms with Gasteiger partial charge in [0.25, 0.3) is 5.91 Å². The van der Waals surface area contributed by atoms with Gasteiger partial charge in [-0.25, -0.2) is 9.37 Å². The van der Waals surface area contributed by atoms with Crippen molar-refractivity contribution in [2.75, 3.05) is 26.2 Å². The van der Waals surface area contributed by atoms with E-state index in [-0.39, 0.29) is 11.7 Å². The molecule has 3 aromatic rings. The van der Waals surface area contributed by atoms with Crippen LogP contribution in [0.5, 0.6) is 0 Å². The van der Waals surface area contributed by atoms with E-state index in [0.29, 0.717) is 41.4 Å². The second-order valence-corrected chi connectivity index (χ2v) is 7.07. The molecule has 1 aromatic heterocycles. The van der Waals surface area contributed by atoms with Crippen LogP contribution in [0.2, 0.25) is 5.02 Å². The first-order valence-electron chi connectivity index (χ1n) is 8.89. The highest BCUT2D eigenvalue weighted by atomic mass is 35.5. The van der Waals surface area contributed by atoms with Crippen molar-refractivity contribution < 1.29 is 14.1 Å². The van der Waals surface area contributed by atoms with Gasteiger partial charge in [0.2, 0.25) is 0 Å². The van der Waals surface area contributed by atoms with Crippen molar-refractivity contribution in [3.8, 4) is 0 Å². The number of para-hydroxylation sites is 2. The van der Waals surface area contributed by atoms with Crippen LogP contribution in [-0.4, -0.2) is 47.0 Å². The second-order valence-electron chi connectivity index (χ2n) is 6.66. The summed E-state index contributed by atoms with van der Waals surface area (Å²) in [5.41, 5.74) is 2.37. The number of amides is 1. The van der Waals surface area contributed by atoms with Crippen LogP contribution in [0.3, 0.4) is 0 Å². The summed E-state index contributed by atoms with van der Waals surface area (Å²) in [5.74, 6) is -0.392. The number of fused-ring (bicyclic) bond motifs is 1. The summed E-state index contributed by atoms with van der Waals surface area (Å²) in [4.78, 5) is 24.5. The number of piperazine rings is 1. The number of aromatic nitrogens is 2. The largest absolute Gasteiger partial charge is 0.328 e. The van der Waals surface area contributed by atoms with Crippen molar-refractivity contribution in [3.63, 3.8) is 0 Å². The zero-order valence-corrected chi connectivity index (χ0v) is 15.4. The highest BCUT2D eigenvalue weighted by Crippen LogP contribution is 2.18. The zero-order chi connectivity index (χ0) is 18.8. The van der Waals surface area contributed by atoms with E-state index in [1.807, 2.05) is 24.3 Å². The maximum atomic E-state index is 14.0. The maximum absolute atomic E-state index is 14.0. The van der Waals surface area contributed by atoms with Gasteiger partial charge in [0, 0.05) is 0 Å². The molecule has 2 heterocycles. The number of nitrogens with one attached hydrogen (secondary N) is 1. The van der Waals surface area contributed by atoms with E-state index in [1.54, 1.807) is 17.0 Å². The quantitative estimate of drug-likeness (QED) is 0.750. The topological polar surface area (TPSA) is 50.5 Å². The number of halogens is 2. The van der Waals surface area contributed by atoms with Crippen molar-refractivity contribution in [1.82, 2.24) is 14.9 Å². The lowest BCUT2D eigenvalue weighted by Crippen LogP contribution is -3.13. The molecule has 5 nitrogen and oxygen atoms in total. The molecule has 27 heavy (non-hydrogen) atoms. The monoisotopic (exact) mass is 385 g/mol. The van der Waals surface area contributed by atoms with E-state index in [9.17, 15) is 9.18 Å². The van der Waals surface area contributed by atoms with Crippen molar-refractivity contribution in [1.29, 1.82) is 0 Å². The molecule has 0 aliphatic carbocycles. The molecule has 4 rings (SSSR count). The Balaban J connectivity index is 1.41. The van der Waals surface area contributed by atoms with Gasteiger partial charge >= 0.3 is 0 Å². The zero-order valence-electron chi connectivity index (χ0n) is 14.7. The van der Waals surface area contributed by atoms with Crippen LogP contribution in [0.4, 0.5) is 4.39 Å². The molecule has 0 saturated carbocycles. The van der Waals surface area contributed by atoms with Gasteiger partial charge in [0.15, 0.2) is 0 Å². The first-order valence-corrected chi connectivity index (χ1v) is 9.27. The summed E-state index contributed by atoms with van der Waals surface area (Å²) in [6, 6.07) is 12.2. The van der Waals surface area contributed by atoms with Crippen LogP contribution < -0.4 is 4.90 Å². The highest BCUT2D eigenvalue weighted by Gasteiger charge is 2.26. The number of nitrogens with zero attached hydrogens (tertiary/aromatic N) is 3. The summed E-state index contributed by atoms with van der Waals surface area (Å²) in [6.45, 7) is 3.17. The maximum Gasteiger partial charge on any atom is 0.274 e. The van der Waals surface area contributed by atoms with Gasteiger partial charge in [-0.2, -0.15) is 0 Å². The number of rotatable bonds is 3. The Hall–Kier alpha value is -2.57. The first kappa shape index (κ1) is 17.8. The van der Waals surface area contributed by atoms with Gasteiger partial charge < -0.3 is 9.80 Å². The van der Waals surface area contributed by atoms with Gasteiger partial charge in [-0.1, -0.05) is 29.8 Å². The number of quaternary nitrogens is 1. The summed E-state index contributed by atoms with van der Waals surface area (Å²) in [5, 5.41) is 0.451. The van der Waals surface area contributed by atoms with Gasteiger partial charge in [-0.15, -0.1) is 0 Å². The lowest BCUT2D eigenvalue weighted by molar-refractivity contribution is -0.917. The molecule has 1 saturated heterocycles. The lowest BCUT2D eigenvalue weighted by Gasteiger charge is -2.32. The Morgan fingerprint density at radius 3 is 2.59 bits per heavy atom. The minimum absolute atomic E-state index is 0.115. The average Bonchev–Trinajstić information content (AvgIpc) is 2.70. The Morgan fingerprint density at radius 2 is 1.85 bits per heavy atom. The van der Waals surface area contributed by atoms with Crippen LogP contribution in [0.15, 0.2) is 48.7 Å². The number of hydrogen-bond acceptors (Lipinski definition) is 3. The summed E-state index contributed by atoms with van der Waals surface area (Å²) in [7, 11) is 0. The Bertz CT molecular complexity index is 968. The SMILES string of the molecule is O=C(c1cnc2ccccc2n1)N1CC[NH+](Cc2c(F)cccc2Cl)CC1. The van der Waals surface area contributed by atoms with E-state index in [4.69, 9.17) is 11.6 Å². The normalized spacial score (nSPS) is 15.3. The lowest BCUT2D eigenvalue weighted by atomic mass is 10.1. The van der Waals surface area contributed by atoms with Crippen LogP contribution in [0.25, 0.3) is 11.0 Å². The third kappa shape index (κ3) is 3.77. The Kier molecular flexibility index (Phi) is 5.01. The fraction of sp³-hybridized carbons (Fsp3) is 0.250. The molecule has 1 N–H and O–H groups in total. The molecule has 0 bridgehead atoms. The molecule has 2 aromatic carbocycles. The minimum Gasteiger partial charge on any atom is -0.328 e. The number of benzene rings is 2. The smallest absolute Gasteiger partial charge is 0.274 e. The summed E-state index contributed by atoms with van der Waals surface area (Å²) in [6.07, 6.45) is 1.53. The number of carbonyl (C=O) groups excluding carboxylic acids is 1. The third-order valence-electron chi connectivity index (χ3n) is 4.91. The van der Waals surface area contributed by atoms with Crippen molar-refractivity contribution in [3.05, 3.63) is 70.8 Å². The van der Waals surface area contributed by atoms with Gasteiger partial charge in [-0.05, 0) is 24.3 Å². The van der Waals surface area contributed by atoms with E-state index in [0.717, 1.165) is 18.6 Å². The van der Waals surface area contributed by atoms with Crippen molar-refractivity contribution >= 4 is 28.5 Å². The molecule has 1 aliphatic heterocycles. The number of carbonyl (C=O) groups is 1. The van der Waals surface area contributed by atoms with E-state index < -0.39 is 0 Å². The van der Waals surface area contributed by atoms with Crippen LogP contribution in [0.1, 0.15) is 16.1 Å². The van der Waals surface area contributed by atoms with Crippen LogP contribution >= 0.6 is 11.6 Å². The van der Waals surface area contributed by atoms with Gasteiger partial charge in [-0.3, -0.25) is 9.78 Å². The molecule has 0 spiro atoms. The molecule has 138 valence electrons. The summed E-state index contributed by atoms with van der Waals surface area (Å²) >= 11 is 6.12. The van der Waals surface area contributed by atoms with Crippen molar-refractivity contribution in [2.45, 2.75) is 6.54 Å².